The van der Waals surface area contributed by atoms with Gasteiger partial charge in [-0.3, -0.25) is 9.36 Å². The lowest BCUT2D eigenvalue weighted by Gasteiger charge is -2.19. The second-order valence-electron chi connectivity index (χ2n) is 8.32. The van der Waals surface area contributed by atoms with Gasteiger partial charge in [-0.05, 0) is 37.0 Å². The predicted molar refractivity (Wildman–Crippen MR) is 119 cm³/mol. The maximum Gasteiger partial charge on any atom is 0.230 e. The van der Waals surface area contributed by atoms with Gasteiger partial charge in [0, 0.05) is 17.3 Å². The number of carbonyl (C=O) groups excluding carboxylic acids is 1. The molecule has 6 heteroatoms. The van der Waals surface area contributed by atoms with Crippen LogP contribution in [0.3, 0.4) is 0 Å². The van der Waals surface area contributed by atoms with Gasteiger partial charge in [-0.25, -0.2) is 0 Å². The van der Waals surface area contributed by atoms with Crippen LogP contribution in [0.5, 0.6) is 0 Å². The maximum absolute atomic E-state index is 12.1. The second kappa shape index (κ2) is 8.82. The highest BCUT2D eigenvalue weighted by Crippen LogP contribution is 2.30. The number of thioether (sulfide) groups is 1. The molecular formula is C23H28N4OS. The first-order valence-corrected chi connectivity index (χ1v) is 10.8. The Bertz CT molecular complexity index is 957. The molecule has 0 aliphatic carbocycles. The van der Waals surface area contributed by atoms with Crippen LogP contribution in [-0.4, -0.2) is 32.5 Å². The maximum atomic E-state index is 12.1. The van der Waals surface area contributed by atoms with Crippen molar-refractivity contribution in [2.75, 3.05) is 5.75 Å². The predicted octanol–water partition coefficient (Wildman–Crippen LogP) is 4.85. The summed E-state index contributed by atoms with van der Waals surface area (Å²) in [6.07, 6.45) is 0. The molecule has 0 saturated heterocycles. The zero-order chi connectivity index (χ0) is 21.0. The first kappa shape index (κ1) is 21.1. The van der Waals surface area contributed by atoms with Gasteiger partial charge in [-0.1, -0.05) is 75.0 Å². The lowest BCUT2D eigenvalue weighted by atomic mass is 9.87. The minimum Gasteiger partial charge on any atom is -0.353 e. The van der Waals surface area contributed by atoms with Crippen molar-refractivity contribution in [2.45, 2.75) is 51.2 Å². The highest BCUT2D eigenvalue weighted by atomic mass is 32.2. The van der Waals surface area contributed by atoms with Crippen molar-refractivity contribution in [3.63, 3.8) is 0 Å². The first-order valence-electron chi connectivity index (χ1n) is 9.79. The Labute approximate surface area is 176 Å². The molecule has 0 fully saturated rings. The summed E-state index contributed by atoms with van der Waals surface area (Å²) in [6.45, 7) is 10.5. The molecule has 152 valence electrons. The Kier molecular flexibility index (Phi) is 6.42. The summed E-state index contributed by atoms with van der Waals surface area (Å²) in [7, 11) is 0. The molecule has 1 amide bonds. The van der Waals surface area contributed by atoms with E-state index in [-0.39, 0.29) is 17.4 Å². The van der Waals surface area contributed by atoms with Crippen molar-refractivity contribution in [3.8, 4) is 17.1 Å². The summed E-state index contributed by atoms with van der Waals surface area (Å²) < 4.78 is 2.01. The highest BCUT2D eigenvalue weighted by molar-refractivity contribution is 7.99. The summed E-state index contributed by atoms with van der Waals surface area (Å²) in [6, 6.07) is 18.6. The van der Waals surface area contributed by atoms with Crippen LogP contribution in [0.2, 0.25) is 0 Å². The summed E-state index contributed by atoms with van der Waals surface area (Å²) in [5.74, 6) is 1.05. The van der Waals surface area contributed by atoms with Crippen molar-refractivity contribution >= 4 is 17.7 Å². The molecule has 0 bridgehead atoms. The Morgan fingerprint density at radius 1 is 1.03 bits per heavy atom. The number of para-hydroxylation sites is 1. The van der Waals surface area contributed by atoms with Crippen molar-refractivity contribution in [2.24, 2.45) is 0 Å². The average Bonchev–Trinajstić information content (AvgIpc) is 3.10. The molecule has 0 spiro atoms. The van der Waals surface area contributed by atoms with Crippen LogP contribution in [0.4, 0.5) is 0 Å². The molecule has 5 nitrogen and oxygen atoms in total. The van der Waals surface area contributed by atoms with Gasteiger partial charge >= 0.3 is 0 Å². The topological polar surface area (TPSA) is 59.8 Å². The summed E-state index contributed by atoms with van der Waals surface area (Å²) in [5.41, 5.74) is 3.33. The van der Waals surface area contributed by atoms with Gasteiger partial charge in [0.25, 0.3) is 0 Å². The molecule has 1 N–H and O–H groups in total. The fourth-order valence-electron chi connectivity index (χ4n) is 2.97. The molecule has 29 heavy (non-hydrogen) atoms. The standard InChI is InChI=1S/C23H28N4OS/c1-16(2)24-20(28)15-29-22-26-25-21(27(22)19-9-7-6-8-10-19)17-11-13-18(14-12-17)23(3,4)5/h6-14,16H,15H2,1-5H3,(H,24,28). The molecule has 1 heterocycles. The van der Waals surface area contributed by atoms with E-state index >= 15 is 0 Å². The SMILES string of the molecule is CC(C)NC(=O)CSc1nnc(-c2ccc(C(C)(C)C)cc2)n1-c1ccccc1. The van der Waals surface area contributed by atoms with E-state index in [1.54, 1.807) is 0 Å². The Balaban J connectivity index is 1.95. The molecule has 1 aromatic heterocycles. The number of hydrogen-bond donors (Lipinski definition) is 1. The molecule has 0 atom stereocenters. The fraction of sp³-hybridized carbons (Fsp3) is 0.348. The van der Waals surface area contributed by atoms with Crippen molar-refractivity contribution in [1.82, 2.24) is 20.1 Å². The quantitative estimate of drug-likeness (QED) is 0.593. The van der Waals surface area contributed by atoms with Crippen LogP contribution >= 0.6 is 11.8 Å². The van der Waals surface area contributed by atoms with E-state index in [0.29, 0.717) is 10.9 Å². The minimum absolute atomic E-state index is 0.0105. The van der Waals surface area contributed by atoms with E-state index in [0.717, 1.165) is 17.1 Å². The van der Waals surface area contributed by atoms with Crippen LogP contribution in [-0.2, 0) is 10.2 Å². The van der Waals surface area contributed by atoms with E-state index < -0.39 is 0 Å². The van der Waals surface area contributed by atoms with Crippen molar-refractivity contribution < 1.29 is 4.79 Å². The lowest BCUT2D eigenvalue weighted by Crippen LogP contribution is -2.31. The van der Waals surface area contributed by atoms with E-state index in [1.165, 1.54) is 17.3 Å². The lowest BCUT2D eigenvalue weighted by molar-refractivity contribution is -0.119. The molecule has 0 radical (unpaired) electrons. The Hall–Kier alpha value is -2.60. The number of carbonyl (C=O) groups is 1. The van der Waals surface area contributed by atoms with Crippen LogP contribution in [0.1, 0.15) is 40.2 Å². The third-order valence-corrected chi connectivity index (χ3v) is 5.37. The molecule has 0 aliphatic heterocycles. The zero-order valence-corrected chi connectivity index (χ0v) is 18.5. The van der Waals surface area contributed by atoms with Gasteiger partial charge in [0.05, 0.1) is 5.75 Å². The molecule has 3 aromatic rings. The summed E-state index contributed by atoms with van der Waals surface area (Å²) >= 11 is 1.39. The Morgan fingerprint density at radius 3 is 2.28 bits per heavy atom. The number of rotatable bonds is 6. The zero-order valence-electron chi connectivity index (χ0n) is 17.6. The Morgan fingerprint density at radius 2 is 1.69 bits per heavy atom. The smallest absolute Gasteiger partial charge is 0.230 e. The third kappa shape index (κ3) is 5.26. The van der Waals surface area contributed by atoms with E-state index in [9.17, 15) is 4.79 Å². The summed E-state index contributed by atoms with van der Waals surface area (Å²) in [5, 5.41) is 12.5. The van der Waals surface area contributed by atoms with Gasteiger partial charge in [-0.2, -0.15) is 0 Å². The average molecular weight is 409 g/mol. The number of nitrogens with zero attached hydrogens (tertiary/aromatic N) is 3. The van der Waals surface area contributed by atoms with Crippen LogP contribution < -0.4 is 5.32 Å². The van der Waals surface area contributed by atoms with Gasteiger partial charge < -0.3 is 5.32 Å². The van der Waals surface area contributed by atoms with Gasteiger partial charge in [0.15, 0.2) is 11.0 Å². The minimum atomic E-state index is -0.0105. The van der Waals surface area contributed by atoms with Gasteiger partial charge in [0.2, 0.25) is 5.91 Å². The number of aromatic nitrogens is 3. The monoisotopic (exact) mass is 408 g/mol. The second-order valence-corrected chi connectivity index (χ2v) is 9.26. The molecule has 0 unspecified atom stereocenters. The van der Waals surface area contributed by atoms with Crippen LogP contribution in [0, 0.1) is 0 Å². The van der Waals surface area contributed by atoms with Gasteiger partial charge in [-0.15, -0.1) is 10.2 Å². The van der Waals surface area contributed by atoms with Crippen molar-refractivity contribution in [3.05, 3.63) is 60.2 Å². The molecule has 0 saturated carbocycles. The van der Waals surface area contributed by atoms with E-state index in [2.05, 4.69) is 60.6 Å². The number of nitrogens with one attached hydrogen (secondary N) is 1. The van der Waals surface area contributed by atoms with Crippen LogP contribution in [0.15, 0.2) is 59.8 Å². The largest absolute Gasteiger partial charge is 0.353 e. The van der Waals surface area contributed by atoms with E-state index in [1.807, 2.05) is 48.7 Å². The van der Waals surface area contributed by atoms with Gasteiger partial charge in [0.1, 0.15) is 0 Å². The third-order valence-electron chi connectivity index (χ3n) is 4.44. The first-order chi connectivity index (χ1) is 13.8. The summed E-state index contributed by atoms with van der Waals surface area (Å²) in [4.78, 5) is 12.1. The molecule has 2 aromatic carbocycles. The number of benzene rings is 2. The normalized spacial score (nSPS) is 11.7. The number of amides is 1. The van der Waals surface area contributed by atoms with E-state index in [4.69, 9.17) is 0 Å². The fourth-order valence-corrected chi connectivity index (χ4v) is 3.74. The van der Waals surface area contributed by atoms with Crippen molar-refractivity contribution in [1.29, 1.82) is 0 Å². The number of hydrogen-bond acceptors (Lipinski definition) is 4. The molecular weight excluding hydrogens is 380 g/mol. The van der Waals surface area contributed by atoms with Crippen LogP contribution in [0.25, 0.3) is 17.1 Å². The highest BCUT2D eigenvalue weighted by Gasteiger charge is 2.19. The molecule has 0 aliphatic rings. The molecule has 3 rings (SSSR count).